The fraction of sp³-hybridized carbons (Fsp3) is 0.615. The molecule has 1 unspecified atom stereocenters. The van der Waals surface area contributed by atoms with Crippen molar-refractivity contribution in [3.05, 3.63) is 12.1 Å². The summed E-state index contributed by atoms with van der Waals surface area (Å²) in [5.41, 5.74) is 6.07. The van der Waals surface area contributed by atoms with Crippen LogP contribution in [0.5, 0.6) is 5.88 Å². The smallest absolute Gasteiger partial charge is 0.239 e. The number of hydrogen-bond acceptors (Lipinski definition) is 5. The van der Waals surface area contributed by atoms with Gasteiger partial charge in [-0.3, -0.25) is 0 Å². The lowest BCUT2D eigenvalue weighted by atomic mass is 10.2. The van der Waals surface area contributed by atoms with E-state index in [1.165, 1.54) is 0 Å². The first-order chi connectivity index (χ1) is 8.35. The Morgan fingerprint density at radius 1 is 1.44 bits per heavy atom. The SMILES string of the molecule is CC(C)(C)Oc1nc(N2CCC(O)C2)ccc1N. The molecule has 0 radical (unpaired) electrons. The van der Waals surface area contributed by atoms with Gasteiger partial charge >= 0.3 is 0 Å². The van der Waals surface area contributed by atoms with Gasteiger partial charge in [0.15, 0.2) is 0 Å². The van der Waals surface area contributed by atoms with E-state index >= 15 is 0 Å². The summed E-state index contributed by atoms with van der Waals surface area (Å²) in [5.74, 6) is 1.27. The zero-order chi connectivity index (χ0) is 13.3. The van der Waals surface area contributed by atoms with Crippen molar-refractivity contribution >= 4 is 11.5 Å². The summed E-state index contributed by atoms with van der Waals surface area (Å²) >= 11 is 0. The van der Waals surface area contributed by atoms with E-state index in [-0.39, 0.29) is 11.7 Å². The normalized spacial score (nSPS) is 20.2. The molecule has 3 N–H and O–H groups in total. The highest BCUT2D eigenvalue weighted by Gasteiger charge is 2.23. The Hall–Kier alpha value is -1.49. The molecule has 18 heavy (non-hydrogen) atoms. The van der Waals surface area contributed by atoms with Gasteiger partial charge in [-0.2, -0.15) is 4.98 Å². The molecule has 100 valence electrons. The lowest BCUT2D eigenvalue weighted by molar-refractivity contribution is 0.125. The lowest BCUT2D eigenvalue weighted by Gasteiger charge is -2.23. The first kappa shape index (κ1) is 13.0. The van der Waals surface area contributed by atoms with Crippen molar-refractivity contribution in [1.29, 1.82) is 0 Å². The maximum Gasteiger partial charge on any atom is 0.239 e. The molecule has 2 rings (SSSR count). The largest absolute Gasteiger partial charge is 0.470 e. The molecule has 1 aliphatic heterocycles. The van der Waals surface area contributed by atoms with E-state index in [4.69, 9.17) is 10.5 Å². The second kappa shape index (κ2) is 4.65. The van der Waals surface area contributed by atoms with E-state index in [1.807, 2.05) is 31.7 Å². The third kappa shape index (κ3) is 3.04. The van der Waals surface area contributed by atoms with E-state index in [0.717, 1.165) is 18.8 Å². The molecular formula is C13H21N3O2. The van der Waals surface area contributed by atoms with E-state index in [2.05, 4.69) is 4.98 Å². The first-order valence-corrected chi connectivity index (χ1v) is 6.24. The molecule has 1 fully saturated rings. The summed E-state index contributed by atoms with van der Waals surface area (Å²) in [6.45, 7) is 7.31. The Morgan fingerprint density at radius 2 is 2.17 bits per heavy atom. The average molecular weight is 251 g/mol. The summed E-state index contributed by atoms with van der Waals surface area (Å²) in [6, 6.07) is 3.66. The number of pyridine rings is 1. The second-order valence-electron chi connectivity index (χ2n) is 5.67. The summed E-state index contributed by atoms with van der Waals surface area (Å²) < 4.78 is 5.73. The summed E-state index contributed by atoms with van der Waals surface area (Å²) in [5, 5.41) is 9.55. The van der Waals surface area contributed by atoms with Crippen molar-refractivity contribution in [2.75, 3.05) is 23.7 Å². The van der Waals surface area contributed by atoms with Crippen LogP contribution in [-0.2, 0) is 0 Å². The first-order valence-electron chi connectivity index (χ1n) is 6.24. The Bertz CT molecular complexity index is 429. The Labute approximate surface area is 108 Å². The monoisotopic (exact) mass is 251 g/mol. The van der Waals surface area contributed by atoms with Crippen LogP contribution in [0.15, 0.2) is 12.1 Å². The molecule has 5 nitrogen and oxygen atoms in total. The standard InChI is InChI=1S/C13H21N3O2/c1-13(2,3)18-12-10(14)4-5-11(15-12)16-7-6-9(17)8-16/h4-5,9,17H,6-8,14H2,1-3H3. The van der Waals surface area contributed by atoms with Crippen LogP contribution < -0.4 is 15.4 Å². The van der Waals surface area contributed by atoms with Crippen molar-refractivity contribution in [2.24, 2.45) is 0 Å². The van der Waals surface area contributed by atoms with Gasteiger partial charge in [-0.25, -0.2) is 0 Å². The summed E-state index contributed by atoms with van der Waals surface area (Å²) in [7, 11) is 0. The van der Waals surface area contributed by atoms with Gasteiger partial charge < -0.3 is 20.5 Å². The van der Waals surface area contributed by atoms with Crippen LogP contribution >= 0.6 is 0 Å². The van der Waals surface area contributed by atoms with Gasteiger partial charge in [0.05, 0.1) is 11.8 Å². The van der Waals surface area contributed by atoms with E-state index in [9.17, 15) is 5.11 Å². The molecule has 2 heterocycles. The van der Waals surface area contributed by atoms with Crippen LogP contribution in [0.25, 0.3) is 0 Å². The van der Waals surface area contributed by atoms with Crippen LogP contribution in [0.2, 0.25) is 0 Å². The quantitative estimate of drug-likeness (QED) is 0.831. The van der Waals surface area contributed by atoms with Gasteiger partial charge in [0.2, 0.25) is 5.88 Å². The van der Waals surface area contributed by atoms with Crippen LogP contribution in [0.1, 0.15) is 27.2 Å². The Balaban J connectivity index is 2.21. The van der Waals surface area contributed by atoms with Crippen LogP contribution in [-0.4, -0.2) is 34.9 Å². The number of ether oxygens (including phenoxy) is 1. The molecule has 0 bridgehead atoms. The molecule has 0 aliphatic carbocycles. The molecule has 1 aromatic rings. The molecule has 1 atom stereocenters. The zero-order valence-electron chi connectivity index (χ0n) is 11.2. The van der Waals surface area contributed by atoms with Crippen LogP contribution in [0.4, 0.5) is 11.5 Å². The minimum Gasteiger partial charge on any atom is -0.470 e. The van der Waals surface area contributed by atoms with Crippen molar-refractivity contribution in [3.63, 3.8) is 0 Å². The van der Waals surface area contributed by atoms with Gasteiger partial charge in [-0.1, -0.05) is 0 Å². The number of aromatic nitrogens is 1. The highest BCUT2D eigenvalue weighted by Crippen LogP contribution is 2.27. The van der Waals surface area contributed by atoms with Crippen molar-refractivity contribution < 1.29 is 9.84 Å². The number of nitrogens with zero attached hydrogens (tertiary/aromatic N) is 2. The number of β-amino-alcohol motifs (C(OH)–C–C–N with tert-alkyl or cyclic N) is 1. The lowest BCUT2D eigenvalue weighted by Crippen LogP contribution is -2.26. The van der Waals surface area contributed by atoms with Crippen LogP contribution in [0.3, 0.4) is 0 Å². The third-order valence-corrected chi connectivity index (χ3v) is 2.77. The van der Waals surface area contributed by atoms with E-state index < -0.39 is 0 Å². The molecule has 0 amide bonds. The fourth-order valence-corrected chi connectivity index (χ4v) is 1.94. The molecule has 1 aromatic heterocycles. The minimum atomic E-state index is -0.329. The molecule has 1 saturated heterocycles. The zero-order valence-corrected chi connectivity index (χ0v) is 11.2. The predicted molar refractivity (Wildman–Crippen MR) is 71.9 cm³/mol. The van der Waals surface area contributed by atoms with Crippen molar-refractivity contribution in [1.82, 2.24) is 4.98 Å². The van der Waals surface area contributed by atoms with Gasteiger partial charge in [0, 0.05) is 13.1 Å². The minimum absolute atomic E-state index is 0.267. The molecule has 1 aliphatic rings. The molecule has 0 spiro atoms. The third-order valence-electron chi connectivity index (χ3n) is 2.77. The van der Waals surface area contributed by atoms with Crippen molar-refractivity contribution in [2.45, 2.75) is 38.9 Å². The second-order valence-corrected chi connectivity index (χ2v) is 5.67. The van der Waals surface area contributed by atoms with Crippen molar-refractivity contribution in [3.8, 4) is 5.88 Å². The molecular weight excluding hydrogens is 230 g/mol. The summed E-state index contributed by atoms with van der Waals surface area (Å²) in [4.78, 5) is 6.48. The number of aliphatic hydroxyl groups is 1. The maximum absolute atomic E-state index is 9.55. The number of anilines is 2. The fourth-order valence-electron chi connectivity index (χ4n) is 1.94. The van der Waals surface area contributed by atoms with E-state index in [1.54, 1.807) is 6.07 Å². The maximum atomic E-state index is 9.55. The molecule has 0 saturated carbocycles. The van der Waals surface area contributed by atoms with Gasteiger partial charge in [0.1, 0.15) is 11.4 Å². The van der Waals surface area contributed by atoms with Crippen LogP contribution in [0, 0.1) is 0 Å². The number of hydrogen-bond donors (Lipinski definition) is 2. The highest BCUT2D eigenvalue weighted by molar-refractivity contribution is 5.55. The number of rotatable bonds is 2. The topological polar surface area (TPSA) is 71.6 Å². The summed E-state index contributed by atoms with van der Waals surface area (Å²) in [6.07, 6.45) is 0.512. The number of nitrogens with two attached hydrogens (primary N) is 1. The van der Waals surface area contributed by atoms with Gasteiger partial charge in [0.25, 0.3) is 0 Å². The van der Waals surface area contributed by atoms with Gasteiger partial charge in [-0.05, 0) is 39.3 Å². The predicted octanol–water partition coefficient (Wildman–Crippen LogP) is 1.41. The number of nitrogen functional groups attached to an aromatic ring is 1. The van der Waals surface area contributed by atoms with E-state index in [0.29, 0.717) is 18.1 Å². The van der Waals surface area contributed by atoms with Gasteiger partial charge in [-0.15, -0.1) is 0 Å². The molecule has 0 aromatic carbocycles. The molecule has 5 heteroatoms. The Morgan fingerprint density at radius 3 is 2.72 bits per heavy atom. The Kier molecular flexibility index (Phi) is 3.34. The number of aliphatic hydroxyl groups excluding tert-OH is 1. The average Bonchev–Trinajstić information content (AvgIpc) is 2.66. The highest BCUT2D eigenvalue weighted by atomic mass is 16.5.